The smallest absolute Gasteiger partial charge is 0.120 e. The van der Waals surface area contributed by atoms with Crippen molar-refractivity contribution in [1.29, 1.82) is 0 Å². The van der Waals surface area contributed by atoms with Crippen molar-refractivity contribution in [3.8, 4) is 5.75 Å². The Balaban J connectivity index is 1.66. The highest BCUT2D eigenvalue weighted by Gasteiger charge is 2.20. The van der Waals surface area contributed by atoms with E-state index in [0.29, 0.717) is 6.10 Å². The first-order valence-electron chi connectivity index (χ1n) is 7.35. The summed E-state index contributed by atoms with van der Waals surface area (Å²) in [4.78, 5) is 0. The van der Waals surface area contributed by atoms with Gasteiger partial charge in [0.15, 0.2) is 0 Å². The molecule has 0 amide bonds. The molecule has 1 saturated carbocycles. The Morgan fingerprint density at radius 2 is 2.00 bits per heavy atom. The maximum Gasteiger partial charge on any atom is 0.120 e. The first-order chi connectivity index (χ1) is 8.81. The minimum absolute atomic E-state index is 0.441. The third-order valence-electron chi connectivity index (χ3n) is 4.28. The second kappa shape index (κ2) is 5.21. The number of benzene rings is 1. The number of hydrogen-bond acceptors (Lipinski definition) is 2. The van der Waals surface area contributed by atoms with Crippen LogP contribution >= 0.6 is 0 Å². The van der Waals surface area contributed by atoms with Gasteiger partial charge in [-0.05, 0) is 68.2 Å². The van der Waals surface area contributed by atoms with Gasteiger partial charge in [-0.1, -0.05) is 6.92 Å². The molecular weight excluding hydrogens is 222 g/mol. The summed E-state index contributed by atoms with van der Waals surface area (Å²) in [6.07, 6.45) is 7.93. The van der Waals surface area contributed by atoms with Crippen LogP contribution in [-0.2, 0) is 6.42 Å². The van der Waals surface area contributed by atoms with Gasteiger partial charge in [-0.25, -0.2) is 0 Å². The minimum atomic E-state index is 0.441. The van der Waals surface area contributed by atoms with E-state index in [0.717, 1.165) is 18.2 Å². The lowest BCUT2D eigenvalue weighted by Gasteiger charge is -2.27. The molecule has 0 unspecified atom stereocenters. The van der Waals surface area contributed by atoms with Gasteiger partial charge in [0, 0.05) is 12.2 Å². The summed E-state index contributed by atoms with van der Waals surface area (Å²) in [5.74, 6) is 1.95. The van der Waals surface area contributed by atoms with E-state index in [1.807, 2.05) is 0 Å². The van der Waals surface area contributed by atoms with Crippen LogP contribution in [0.4, 0.5) is 5.69 Å². The Labute approximate surface area is 110 Å². The molecule has 1 heterocycles. The molecule has 2 heteroatoms. The number of hydrogen-bond donors (Lipinski definition) is 1. The Morgan fingerprint density at radius 1 is 1.17 bits per heavy atom. The van der Waals surface area contributed by atoms with Gasteiger partial charge in [0.25, 0.3) is 0 Å². The van der Waals surface area contributed by atoms with E-state index in [9.17, 15) is 0 Å². The fourth-order valence-electron chi connectivity index (χ4n) is 3.06. The molecular formula is C16H23NO. The maximum absolute atomic E-state index is 6.14. The Morgan fingerprint density at radius 3 is 2.83 bits per heavy atom. The first kappa shape index (κ1) is 11.9. The number of rotatable bonds is 2. The second-order valence-electron chi connectivity index (χ2n) is 5.85. The SMILES string of the molecule is CC1CCC(Oc2ccc3c(c2)CCCN3)CC1. The molecule has 0 saturated heterocycles. The summed E-state index contributed by atoms with van der Waals surface area (Å²) in [5.41, 5.74) is 2.72. The first-order valence-corrected chi connectivity index (χ1v) is 7.35. The van der Waals surface area contributed by atoms with E-state index < -0.39 is 0 Å². The standard InChI is InChI=1S/C16H23NO/c1-12-4-6-14(7-5-12)18-15-8-9-16-13(11-15)3-2-10-17-16/h8-9,11-12,14,17H,2-7,10H2,1H3. The van der Waals surface area contributed by atoms with Gasteiger partial charge in [-0.2, -0.15) is 0 Å². The monoisotopic (exact) mass is 245 g/mol. The van der Waals surface area contributed by atoms with Crippen molar-refractivity contribution < 1.29 is 4.74 Å². The third-order valence-corrected chi connectivity index (χ3v) is 4.28. The predicted molar refractivity (Wildman–Crippen MR) is 75.3 cm³/mol. The number of aryl methyl sites for hydroxylation is 1. The van der Waals surface area contributed by atoms with E-state index in [-0.39, 0.29) is 0 Å². The van der Waals surface area contributed by atoms with Crippen molar-refractivity contribution in [2.45, 2.75) is 51.6 Å². The van der Waals surface area contributed by atoms with Crippen LogP contribution in [0.25, 0.3) is 0 Å². The molecule has 1 aromatic carbocycles. The van der Waals surface area contributed by atoms with Crippen LogP contribution in [0.15, 0.2) is 18.2 Å². The molecule has 2 aliphatic rings. The second-order valence-corrected chi connectivity index (χ2v) is 5.85. The summed E-state index contributed by atoms with van der Waals surface area (Å²) < 4.78 is 6.14. The van der Waals surface area contributed by atoms with Crippen molar-refractivity contribution in [2.75, 3.05) is 11.9 Å². The zero-order valence-electron chi connectivity index (χ0n) is 11.2. The fourth-order valence-corrected chi connectivity index (χ4v) is 3.06. The van der Waals surface area contributed by atoms with E-state index in [4.69, 9.17) is 4.74 Å². The average molecular weight is 245 g/mol. The van der Waals surface area contributed by atoms with E-state index in [2.05, 4.69) is 30.4 Å². The molecule has 1 fully saturated rings. The zero-order chi connectivity index (χ0) is 12.4. The third kappa shape index (κ3) is 2.63. The van der Waals surface area contributed by atoms with Crippen molar-refractivity contribution in [3.63, 3.8) is 0 Å². The Bertz CT molecular complexity index is 408. The number of anilines is 1. The Kier molecular flexibility index (Phi) is 3.44. The quantitative estimate of drug-likeness (QED) is 0.850. The zero-order valence-corrected chi connectivity index (χ0v) is 11.2. The van der Waals surface area contributed by atoms with Gasteiger partial charge >= 0.3 is 0 Å². The topological polar surface area (TPSA) is 21.3 Å². The van der Waals surface area contributed by atoms with Gasteiger partial charge < -0.3 is 10.1 Å². The molecule has 2 nitrogen and oxygen atoms in total. The highest BCUT2D eigenvalue weighted by Crippen LogP contribution is 2.30. The van der Waals surface area contributed by atoms with Crippen molar-refractivity contribution in [1.82, 2.24) is 0 Å². The van der Waals surface area contributed by atoms with Crippen LogP contribution in [0.2, 0.25) is 0 Å². The molecule has 1 aromatic rings. The predicted octanol–water partition coefficient (Wildman–Crippen LogP) is 4.00. The highest BCUT2D eigenvalue weighted by molar-refractivity contribution is 5.55. The maximum atomic E-state index is 6.14. The molecule has 98 valence electrons. The van der Waals surface area contributed by atoms with Crippen molar-refractivity contribution in [2.24, 2.45) is 5.92 Å². The molecule has 1 N–H and O–H groups in total. The fraction of sp³-hybridized carbons (Fsp3) is 0.625. The molecule has 1 aliphatic heterocycles. The summed E-state index contributed by atoms with van der Waals surface area (Å²) in [6.45, 7) is 3.45. The number of nitrogens with one attached hydrogen (secondary N) is 1. The van der Waals surface area contributed by atoms with Gasteiger partial charge in [-0.3, -0.25) is 0 Å². The summed E-state index contributed by atoms with van der Waals surface area (Å²) in [6, 6.07) is 6.53. The number of fused-ring (bicyclic) bond motifs is 1. The summed E-state index contributed by atoms with van der Waals surface area (Å²) in [7, 11) is 0. The van der Waals surface area contributed by atoms with E-state index in [1.54, 1.807) is 0 Å². The molecule has 0 spiro atoms. The molecule has 0 aromatic heterocycles. The lowest BCUT2D eigenvalue weighted by Crippen LogP contribution is -2.23. The minimum Gasteiger partial charge on any atom is -0.490 e. The molecule has 3 rings (SSSR count). The molecule has 18 heavy (non-hydrogen) atoms. The van der Waals surface area contributed by atoms with Gasteiger partial charge in [0.2, 0.25) is 0 Å². The number of ether oxygens (including phenoxy) is 1. The Hall–Kier alpha value is -1.18. The highest BCUT2D eigenvalue weighted by atomic mass is 16.5. The lowest BCUT2D eigenvalue weighted by molar-refractivity contribution is 0.135. The summed E-state index contributed by atoms with van der Waals surface area (Å²) in [5, 5.41) is 3.44. The van der Waals surface area contributed by atoms with Gasteiger partial charge in [0.1, 0.15) is 5.75 Å². The molecule has 1 aliphatic carbocycles. The van der Waals surface area contributed by atoms with Crippen LogP contribution in [-0.4, -0.2) is 12.6 Å². The van der Waals surface area contributed by atoms with Crippen LogP contribution in [0.5, 0.6) is 5.75 Å². The van der Waals surface area contributed by atoms with Crippen LogP contribution < -0.4 is 10.1 Å². The van der Waals surface area contributed by atoms with Crippen LogP contribution in [0, 0.1) is 5.92 Å². The van der Waals surface area contributed by atoms with E-state index >= 15 is 0 Å². The molecule has 0 bridgehead atoms. The van der Waals surface area contributed by atoms with Crippen LogP contribution in [0.3, 0.4) is 0 Å². The molecule has 0 atom stereocenters. The average Bonchev–Trinajstić information content (AvgIpc) is 2.41. The van der Waals surface area contributed by atoms with Crippen molar-refractivity contribution in [3.05, 3.63) is 23.8 Å². The molecule has 0 radical (unpaired) electrons. The normalized spacial score (nSPS) is 27.2. The van der Waals surface area contributed by atoms with Crippen molar-refractivity contribution >= 4 is 5.69 Å². The van der Waals surface area contributed by atoms with Gasteiger partial charge in [0.05, 0.1) is 6.10 Å². The summed E-state index contributed by atoms with van der Waals surface area (Å²) >= 11 is 0. The van der Waals surface area contributed by atoms with E-state index in [1.165, 1.54) is 49.8 Å². The lowest BCUT2D eigenvalue weighted by atomic mass is 9.89. The van der Waals surface area contributed by atoms with Crippen LogP contribution in [0.1, 0.15) is 44.6 Å². The largest absolute Gasteiger partial charge is 0.490 e. The van der Waals surface area contributed by atoms with Gasteiger partial charge in [-0.15, -0.1) is 0 Å².